The summed E-state index contributed by atoms with van der Waals surface area (Å²) in [6, 6.07) is 12.4. The molecule has 3 N–H and O–H groups in total. The van der Waals surface area contributed by atoms with E-state index in [0.29, 0.717) is 27.2 Å². The Kier molecular flexibility index (Phi) is 5.17. The van der Waals surface area contributed by atoms with Crippen LogP contribution in [0.15, 0.2) is 47.4 Å². The quantitative estimate of drug-likeness (QED) is 0.650. The summed E-state index contributed by atoms with van der Waals surface area (Å²) in [7, 11) is 0. The van der Waals surface area contributed by atoms with Gasteiger partial charge in [0.15, 0.2) is 0 Å². The van der Waals surface area contributed by atoms with Crippen LogP contribution >= 0.6 is 35.0 Å². The zero-order chi connectivity index (χ0) is 14.5. The van der Waals surface area contributed by atoms with E-state index >= 15 is 0 Å². The number of anilines is 2. The molecule has 0 radical (unpaired) electrons. The zero-order valence-corrected chi connectivity index (χ0v) is 12.7. The molecule has 2 aromatic rings. The van der Waals surface area contributed by atoms with Crippen LogP contribution in [-0.4, -0.2) is 11.7 Å². The minimum atomic E-state index is -0.115. The van der Waals surface area contributed by atoms with Gasteiger partial charge in [-0.3, -0.25) is 4.79 Å². The van der Waals surface area contributed by atoms with Gasteiger partial charge in [0.1, 0.15) is 0 Å². The number of nitrogen functional groups attached to an aromatic ring is 1. The number of benzene rings is 2. The van der Waals surface area contributed by atoms with Gasteiger partial charge in [0.25, 0.3) is 0 Å². The van der Waals surface area contributed by atoms with Crippen LogP contribution in [0.2, 0.25) is 10.0 Å². The second-order valence-corrected chi connectivity index (χ2v) is 5.90. The van der Waals surface area contributed by atoms with Crippen LogP contribution in [0.5, 0.6) is 0 Å². The highest BCUT2D eigenvalue weighted by molar-refractivity contribution is 8.00. The smallest absolute Gasteiger partial charge is 0.234 e. The molecule has 0 fully saturated rings. The Labute approximate surface area is 131 Å². The van der Waals surface area contributed by atoms with Gasteiger partial charge in [0.05, 0.1) is 15.8 Å². The van der Waals surface area contributed by atoms with Gasteiger partial charge in [-0.05, 0) is 36.4 Å². The summed E-state index contributed by atoms with van der Waals surface area (Å²) in [5.74, 6) is 0.180. The molecule has 3 nitrogen and oxygen atoms in total. The lowest BCUT2D eigenvalue weighted by atomic mass is 10.3. The standard InChI is InChI=1S/C14H12Cl2N2OS/c15-12-5-4-10(7-13(12)16)18-14(19)8-20-11-3-1-2-9(17)6-11/h1-7H,8,17H2,(H,18,19). The average molecular weight is 327 g/mol. The lowest BCUT2D eigenvalue weighted by Gasteiger charge is -2.06. The van der Waals surface area contributed by atoms with Crippen molar-refractivity contribution in [3.05, 3.63) is 52.5 Å². The van der Waals surface area contributed by atoms with Crippen LogP contribution in [0.4, 0.5) is 11.4 Å². The first-order chi connectivity index (χ1) is 9.54. The fourth-order valence-electron chi connectivity index (χ4n) is 1.52. The van der Waals surface area contributed by atoms with Crippen LogP contribution in [0, 0.1) is 0 Å². The third kappa shape index (κ3) is 4.34. The van der Waals surface area contributed by atoms with Crippen LogP contribution < -0.4 is 11.1 Å². The number of hydrogen-bond donors (Lipinski definition) is 2. The fourth-order valence-corrected chi connectivity index (χ4v) is 2.59. The highest BCUT2D eigenvalue weighted by Crippen LogP contribution is 2.25. The van der Waals surface area contributed by atoms with Gasteiger partial charge in [0.2, 0.25) is 5.91 Å². The highest BCUT2D eigenvalue weighted by Gasteiger charge is 2.05. The van der Waals surface area contributed by atoms with Crippen molar-refractivity contribution in [1.82, 2.24) is 0 Å². The third-order valence-corrected chi connectivity index (χ3v) is 4.16. The van der Waals surface area contributed by atoms with Crippen molar-refractivity contribution >= 4 is 52.2 Å². The highest BCUT2D eigenvalue weighted by atomic mass is 35.5. The second-order valence-electron chi connectivity index (χ2n) is 4.04. The summed E-state index contributed by atoms with van der Waals surface area (Å²) in [6.45, 7) is 0. The topological polar surface area (TPSA) is 55.1 Å². The first-order valence-electron chi connectivity index (χ1n) is 5.78. The van der Waals surface area contributed by atoms with Gasteiger partial charge in [-0.2, -0.15) is 0 Å². The van der Waals surface area contributed by atoms with E-state index in [4.69, 9.17) is 28.9 Å². The summed E-state index contributed by atoms with van der Waals surface area (Å²) in [5, 5.41) is 3.63. The van der Waals surface area contributed by atoms with Crippen LogP contribution in [-0.2, 0) is 4.79 Å². The molecule has 6 heteroatoms. The molecule has 0 heterocycles. The molecule has 0 spiro atoms. The van der Waals surface area contributed by atoms with Crippen molar-refractivity contribution in [3.63, 3.8) is 0 Å². The maximum absolute atomic E-state index is 11.8. The van der Waals surface area contributed by atoms with Crippen LogP contribution in [0.3, 0.4) is 0 Å². The van der Waals surface area contributed by atoms with Crippen LogP contribution in [0.1, 0.15) is 0 Å². The summed E-state index contributed by atoms with van der Waals surface area (Å²) < 4.78 is 0. The Morgan fingerprint density at radius 2 is 1.95 bits per heavy atom. The zero-order valence-electron chi connectivity index (χ0n) is 10.4. The molecular formula is C14H12Cl2N2OS. The summed E-state index contributed by atoms with van der Waals surface area (Å²) in [5.41, 5.74) is 6.98. The molecule has 2 rings (SSSR count). The van der Waals surface area contributed by atoms with Crippen molar-refractivity contribution in [2.24, 2.45) is 0 Å². The van der Waals surface area contributed by atoms with Crippen molar-refractivity contribution in [2.45, 2.75) is 4.90 Å². The number of rotatable bonds is 4. The normalized spacial score (nSPS) is 10.3. The van der Waals surface area contributed by atoms with E-state index in [1.54, 1.807) is 24.3 Å². The number of halogens is 2. The third-order valence-electron chi connectivity index (χ3n) is 2.43. The maximum Gasteiger partial charge on any atom is 0.234 e. The van der Waals surface area contributed by atoms with E-state index in [1.807, 2.05) is 18.2 Å². The molecule has 0 aliphatic carbocycles. The number of carbonyl (C=O) groups excluding carboxylic acids is 1. The van der Waals surface area contributed by atoms with Crippen molar-refractivity contribution in [2.75, 3.05) is 16.8 Å². The van der Waals surface area contributed by atoms with Crippen molar-refractivity contribution in [3.8, 4) is 0 Å². The molecule has 2 aromatic carbocycles. The first-order valence-corrected chi connectivity index (χ1v) is 7.52. The maximum atomic E-state index is 11.8. The largest absolute Gasteiger partial charge is 0.399 e. The van der Waals surface area contributed by atoms with Crippen molar-refractivity contribution in [1.29, 1.82) is 0 Å². The fraction of sp³-hybridized carbons (Fsp3) is 0.0714. The summed E-state index contributed by atoms with van der Waals surface area (Å²) in [6.07, 6.45) is 0. The second kappa shape index (κ2) is 6.88. The first kappa shape index (κ1) is 15.0. The van der Waals surface area contributed by atoms with E-state index in [2.05, 4.69) is 5.32 Å². The Morgan fingerprint density at radius 3 is 2.65 bits per heavy atom. The lowest BCUT2D eigenvalue weighted by molar-refractivity contribution is -0.113. The minimum absolute atomic E-state index is 0.115. The Morgan fingerprint density at radius 1 is 1.15 bits per heavy atom. The number of nitrogens with one attached hydrogen (secondary N) is 1. The monoisotopic (exact) mass is 326 g/mol. The average Bonchev–Trinajstić information content (AvgIpc) is 2.41. The van der Waals surface area contributed by atoms with Gasteiger partial charge >= 0.3 is 0 Å². The number of carbonyl (C=O) groups is 1. The molecule has 0 bridgehead atoms. The van der Waals surface area contributed by atoms with E-state index in [-0.39, 0.29) is 5.91 Å². The van der Waals surface area contributed by atoms with Gasteiger partial charge in [-0.15, -0.1) is 11.8 Å². The Bertz CT molecular complexity index is 634. The molecule has 0 saturated carbocycles. The van der Waals surface area contributed by atoms with Gasteiger partial charge in [0, 0.05) is 16.3 Å². The molecule has 0 atom stereocenters. The number of nitrogens with two attached hydrogens (primary N) is 1. The molecule has 0 unspecified atom stereocenters. The predicted molar refractivity (Wildman–Crippen MR) is 86.7 cm³/mol. The van der Waals surface area contributed by atoms with E-state index < -0.39 is 0 Å². The van der Waals surface area contributed by atoms with Crippen LogP contribution in [0.25, 0.3) is 0 Å². The van der Waals surface area contributed by atoms with Gasteiger partial charge < -0.3 is 11.1 Å². The predicted octanol–water partition coefficient (Wildman–Crippen LogP) is 4.31. The Hall–Kier alpha value is -1.36. The molecule has 0 aromatic heterocycles. The molecule has 0 saturated heterocycles. The number of amides is 1. The molecule has 0 aliphatic rings. The van der Waals surface area contributed by atoms with E-state index in [1.165, 1.54) is 11.8 Å². The minimum Gasteiger partial charge on any atom is -0.399 e. The lowest BCUT2D eigenvalue weighted by Crippen LogP contribution is -2.13. The van der Waals surface area contributed by atoms with Crippen molar-refractivity contribution < 1.29 is 4.79 Å². The molecule has 0 aliphatic heterocycles. The number of thioether (sulfide) groups is 1. The van der Waals surface area contributed by atoms with Gasteiger partial charge in [-0.1, -0.05) is 29.3 Å². The molecule has 20 heavy (non-hydrogen) atoms. The molecule has 104 valence electrons. The summed E-state index contributed by atoms with van der Waals surface area (Å²) in [4.78, 5) is 12.8. The SMILES string of the molecule is Nc1cccc(SCC(=O)Nc2ccc(Cl)c(Cl)c2)c1. The number of hydrogen-bond acceptors (Lipinski definition) is 3. The van der Waals surface area contributed by atoms with E-state index in [0.717, 1.165) is 4.90 Å². The molecule has 1 amide bonds. The molecular weight excluding hydrogens is 315 g/mol. The Balaban J connectivity index is 1.91. The van der Waals surface area contributed by atoms with E-state index in [9.17, 15) is 4.79 Å². The van der Waals surface area contributed by atoms with Gasteiger partial charge in [-0.25, -0.2) is 0 Å². The summed E-state index contributed by atoms with van der Waals surface area (Å²) >= 11 is 13.1.